The molecule has 0 radical (unpaired) electrons. The van der Waals surface area contributed by atoms with E-state index in [-0.39, 0.29) is 6.61 Å². The van der Waals surface area contributed by atoms with E-state index in [1.54, 1.807) is 0 Å². The van der Waals surface area contributed by atoms with Gasteiger partial charge in [0.05, 0.1) is 6.61 Å². The number of pyridine rings is 1. The Hall–Kier alpha value is -2.05. The van der Waals surface area contributed by atoms with Gasteiger partial charge in [-0.25, -0.2) is 4.98 Å². The van der Waals surface area contributed by atoms with Gasteiger partial charge in [-0.1, -0.05) is 0 Å². The number of rotatable bonds is 3. The Morgan fingerprint density at radius 2 is 1.78 bits per heavy atom. The fourth-order valence-electron chi connectivity index (χ4n) is 3.27. The highest BCUT2D eigenvalue weighted by molar-refractivity contribution is 5.94. The van der Waals surface area contributed by atoms with Crippen LogP contribution in [-0.4, -0.2) is 67.5 Å². The largest absolute Gasteiger partial charge is 0.486 e. The van der Waals surface area contributed by atoms with E-state index in [2.05, 4.69) is 14.8 Å². The third-order valence-corrected chi connectivity index (χ3v) is 4.49. The number of hydrogen-bond donors (Lipinski definition) is 1. The number of ether oxygens (including phenoxy) is 2. The summed E-state index contributed by atoms with van der Waals surface area (Å²) in [5.41, 5.74) is 0. The summed E-state index contributed by atoms with van der Waals surface area (Å²) in [6.45, 7) is 5.89. The van der Waals surface area contributed by atoms with Crippen LogP contribution in [0.25, 0.3) is 10.8 Å². The number of benzene rings is 1. The minimum absolute atomic E-state index is 0.218. The highest BCUT2D eigenvalue weighted by Gasteiger charge is 2.21. The first kappa shape index (κ1) is 14.5. The maximum atomic E-state index is 9.06. The molecule has 0 unspecified atom stereocenters. The smallest absolute Gasteiger partial charge is 0.162 e. The minimum Gasteiger partial charge on any atom is -0.486 e. The number of aliphatic hydroxyl groups excluding tert-OH is 1. The maximum Gasteiger partial charge on any atom is 0.162 e. The lowest BCUT2D eigenvalue weighted by atomic mass is 10.1. The molecule has 6 nitrogen and oxygen atoms in total. The summed E-state index contributed by atoms with van der Waals surface area (Å²) in [5.74, 6) is 2.62. The van der Waals surface area contributed by atoms with Crippen molar-refractivity contribution in [2.75, 3.05) is 57.4 Å². The van der Waals surface area contributed by atoms with Gasteiger partial charge in [-0.15, -0.1) is 0 Å². The topological polar surface area (TPSA) is 58.1 Å². The summed E-state index contributed by atoms with van der Waals surface area (Å²) in [6, 6.07) is 6.10. The average molecular weight is 315 g/mol. The third-order valence-electron chi connectivity index (χ3n) is 4.49. The Balaban J connectivity index is 1.65. The normalized spacial score (nSPS) is 18.4. The molecular formula is C17H21N3O3. The van der Waals surface area contributed by atoms with Gasteiger partial charge in [0.2, 0.25) is 0 Å². The molecular weight excluding hydrogens is 294 g/mol. The fourth-order valence-corrected chi connectivity index (χ4v) is 3.27. The Morgan fingerprint density at radius 3 is 2.52 bits per heavy atom. The lowest BCUT2D eigenvalue weighted by Gasteiger charge is -2.35. The van der Waals surface area contributed by atoms with Gasteiger partial charge in [0.1, 0.15) is 19.0 Å². The molecule has 2 aliphatic rings. The molecule has 1 N–H and O–H groups in total. The van der Waals surface area contributed by atoms with Gasteiger partial charge in [0.15, 0.2) is 11.5 Å². The van der Waals surface area contributed by atoms with Crippen molar-refractivity contribution in [3.05, 3.63) is 24.4 Å². The van der Waals surface area contributed by atoms with Gasteiger partial charge in [-0.05, 0) is 23.6 Å². The first-order valence-electron chi connectivity index (χ1n) is 8.12. The van der Waals surface area contributed by atoms with Gasteiger partial charge >= 0.3 is 0 Å². The fraction of sp³-hybridized carbons (Fsp3) is 0.471. The van der Waals surface area contributed by atoms with Crippen molar-refractivity contribution in [3.8, 4) is 11.5 Å². The van der Waals surface area contributed by atoms with Crippen LogP contribution in [0.5, 0.6) is 11.5 Å². The minimum atomic E-state index is 0.218. The number of aliphatic hydroxyl groups is 1. The van der Waals surface area contributed by atoms with Crippen LogP contribution in [0.15, 0.2) is 24.4 Å². The van der Waals surface area contributed by atoms with E-state index in [0.717, 1.165) is 60.8 Å². The van der Waals surface area contributed by atoms with E-state index in [4.69, 9.17) is 14.6 Å². The van der Waals surface area contributed by atoms with Gasteiger partial charge in [0.25, 0.3) is 0 Å². The van der Waals surface area contributed by atoms with Gasteiger partial charge in [-0.3, -0.25) is 4.90 Å². The van der Waals surface area contributed by atoms with Gasteiger partial charge in [0, 0.05) is 44.3 Å². The molecule has 3 heterocycles. The summed E-state index contributed by atoms with van der Waals surface area (Å²) in [5, 5.41) is 11.3. The van der Waals surface area contributed by atoms with Crippen LogP contribution in [0.4, 0.5) is 5.82 Å². The van der Waals surface area contributed by atoms with Crippen molar-refractivity contribution in [1.82, 2.24) is 9.88 Å². The molecule has 0 bridgehead atoms. The number of aromatic nitrogens is 1. The van der Waals surface area contributed by atoms with Crippen molar-refractivity contribution in [2.45, 2.75) is 0 Å². The van der Waals surface area contributed by atoms with Crippen LogP contribution in [-0.2, 0) is 0 Å². The zero-order chi connectivity index (χ0) is 15.6. The van der Waals surface area contributed by atoms with Crippen LogP contribution in [0.3, 0.4) is 0 Å². The molecule has 122 valence electrons. The molecule has 1 fully saturated rings. The lowest BCUT2D eigenvalue weighted by molar-refractivity contribution is 0.172. The average Bonchev–Trinajstić information content (AvgIpc) is 2.60. The lowest BCUT2D eigenvalue weighted by Crippen LogP contribution is -2.47. The van der Waals surface area contributed by atoms with E-state index >= 15 is 0 Å². The Labute approximate surface area is 135 Å². The Kier molecular flexibility index (Phi) is 3.93. The van der Waals surface area contributed by atoms with Gasteiger partial charge < -0.3 is 19.5 Å². The molecule has 23 heavy (non-hydrogen) atoms. The van der Waals surface area contributed by atoms with Crippen LogP contribution in [0.2, 0.25) is 0 Å². The third kappa shape index (κ3) is 2.80. The number of β-amino-alcohol motifs (C(OH)–C–C–N with tert-alkyl or cyclic N) is 1. The Morgan fingerprint density at radius 1 is 1.04 bits per heavy atom. The molecule has 0 amide bonds. The molecule has 0 spiro atoms. The van der Waals surface area contributed by atoms with E-state index in [0.29, 0.717) is 13.2 Å². The molecule has 1 aromatic carbocycles. The molecule has 0 atom stereocenters. The summed E-state index contributed by atoms with van der Waals surface area (Å²) in [6.07, 6.45) is 1.86. The monoisotopic (exact) mass is 315 g/mol. The van der Waals surface area contributed by atoms with Crippen molar-refractivity contribution in [2.24, 2.45) is 0 Å². The molecule has 6 heteroatoms. The molecule has 4 rings (SSSR count). The first-order valence-corrected chi connectivity index (χ1v) is 8.12. The molecule has 0 aliphatic carbocycles. The van der Waals surface area contributed by atoms with Crippen molar-refractivity contribution in [1.29, 1.82) is 0 Å². The molecule has 2 aliphatic heterocycles. The van der Waals surface area contributed by atoms with Crippen molar-refractivity contribution in [3.63, 3.8) is 0 Å². The predicted molar refractivity (Wildman–Crippen MR) is 88.5 cm³/mol. The highest BCUT2D eigenvalue weighted by atomic mass is 16.6. The zero-order valence-corrected chi connectivity index (χ0v) is 13.1. The second kappa shape index (κ2) is 6.22. The number of anilines is 1. The zero-order valence-electron chi connectivity index (χ0n) is 13.1. The summed E-state index contributed by atoms with van der Waals surface area (Å²) < 4.78 is 11.4. The SMILES string of the molecule is OCCN1CCN(c2nccc3cc4c(cc23)OCCO4)CC1. The summed E-state index contributed by atoms with van der Waals surface area (Å²) in [4.78, 5) is 9.20. The number of piperazine rings is 1. The van der Waals surface area contributed by atoms with E-state index in [9.17, 15) is 0 Å². The predicted octanol–water partition coefficient (Wildman–Crippen LogP) is 1.12. The van der Waals surface area contributed by atoms with Crippen LogP contribution < -0.4 is 14.4 Å². The molecule has 1 saturated heterocycles. The van der Waals surface area contributed by atoms with E-state index in [1.807, 2.05) is 24.4 Å². The van der Waals surface area contributed by atoms with Crippen molar-refractivity contribution < 1.29 is 14.6 Å². The van der Waals surface area contributed by atoms with Gasteiger partial charge in [-0.2, -0.15) is 0 Å². The quantitative estimate of drug-likeness (QED) is 0.916. The molecule has 0 saturated carbocycles. The number of fused-ring (bicyclic) bond motifs is 2. The summed E-state index contributed by atoms with van der Waals surface area (Å²) in [7, 11) is 0. The second-order valence-corrected chi connectivity index (χ2v) is 5.90. The number of nitrogens with zero attached hydrogens (tertiary/aromatic N) is 3. The molecule has 2 aromatic rings. The van der Waals surface area contributed by atoms with Crippen LogP contribution >= 0.6 is 0 Å². The number of hydrogen-bond acceptors (Lipinski definition) is 6. The maximum absolute atomic E-state index is 9.06. The van der Waals surface area contributed by atoms with E-state index in [1.165, 1.54) is 0 Å². The Bertz CT molecular complexity index is 699. The van der Waals surface area contributed by atoms with Crippen LogP contribution in [0, 0.1) is 0 Å². The van der Waals surface area contributed by atoms with Crippen LogP contribution in [0.1, 0.15) is 0 Å². The molecule has 1 aromatic heterocycles. The summed E-state index contributed by atoms with van der Waals surface area (Å²) >= 11 is 0. The standard InChI is InChI=1S/C17H21N3O3/c21-8-7-19-3-5-20(6-4-19)17-14-12-16-15(22-9-10-23-16)11-13(14)1-2-18-17/h1-2,11-12,21H,3-10H2. The first-order chi connectivity index (χ1) is 11.3. The second-order valence-electron chi connectivity index (χ2n) is 5.90. The van der Waals surface area contributed by atoms with E-state index < -0.39 is 0 Å². The highest BCUT2D eigenvalue weighted by Crippen LogP contribution is 2.37. The van der Waals surface area contributed by atoms with Crippen molar-refractivity contribution >= 4 is 16.6 Å².